The van der Waals surface area contributed by atoms with Crippen LogP contribution in [0, 0.1) is 0 Å². The SMILES string of the molecule is CN(C)S(=O)(=O)Nc1cc(-n2c(=O)cc(C(F)(F)F)n(N)c2=O)ccc1Cl. The molecule has 2 rings (SSSR count). The molecule has 0 bridgehead atoms. The third kappa shape index (κ3) is 4.09. The van der Waals surface area contributed by atoms with Gasteiger partial charge in [-0.2, -0.15) is 25.9 Å². The normalized spacial score (nSPS) is 12.4. The second-order valence-electron chi connectivity index (χ2n) is 5.41. The van der Waals surface area contributed by atoms with Gasteiger partial charge >= 0.3 is 22.1 Å². The first kappa shape index (κ1) is 20.8. The van der Waals surface area contributed by atoms with E-state index in [1.54, 1.807) is 0 Å². The summed E-state index contributed by atoms with van der Waals surface area (Å²) in [7, 11) is -1.49. The largest absolute Gasteiger partial charge is 0.433 e. The molecule has 0 spiro atoms. The topological polar surface area (TPSA) is 119 Å². The summed E-state index contributed by atoms with van der Waals surface area (Å²) in [5.74, 6) is 5.17. The predicted octanol–water partition coefficient (Wildman–Crippen LogP) is 0.604. The van der Waals surface area contributed by atoms with Crippen LogP contribution < -0.4 is 21.8 Å². The number of nitrogens with two attached hydrogens (primary N) is 1. The number of nitrogens with one attached hydrogen (secondary N) is 1. The van der Waals surface area contributed by atoms with E-state index in [0.717, 1.165) is 22.5 Å². The molecule has 0 saturated carbocycles. The smallest absolute Gasteiger partial charge is 0.335 e. The third-order valence-electron chi connectivity index (χ3n) is 3.36. The molecule has 0 atom stereocenters. The van der Waals surface area contributed by atoms with Crippen LogP contribution in [0.2, 0.25) is 5.02 Å². The Bertz CT molecular complexity index is 1110. The van der Waals surface area contributed by atoms with E-state index in [9.17, 15) is 31.2 Å². The molecule has 0 aliphatic heterocycles. The van der Waals surface area contributed by atoms with E-state index in [1.165, 1.54) is 14.1 Å². The zero-order valence-electron chi connectivity index (χ0n) is 13.8. The van der Waals surface area contributed by atoms with E-state index in [-0.39, 0.29) is 27.1 Å². The maximum Gasteiger partial charge on any atom is 0.433 e. The van der Waals surface area contributed by atoms with Crippen LogP contribution in [-0.2, 0) is 16.4 Å². The molecule has 1 aromatic heterocycles. The van der Waals surface area contributed by atoms with Crippen LogP contribution in [0.25, 0.3) is 5.69 Å². The van der Waals surface area contributed by atoms with Gasteiger partial charge in [0.2, 0.25) is 0 Å². The number of aromatic nitrogens is 2. The summed E-state index contributed by atoms with van der Waals surface area (Å²) in [6, 6.07) is 3.47. The Kier molecular flexibility index (Phi) is 5.32. The van der Waals surface area contributed by atoms with Crippen molar-refractivity contribution in [2.24, 2.45) is 0 Å². The molecule has 9 nitrogen and oxygen atoms in total. The molecule has 27 heavy (non-hydrogen) atoms. The van der Waals surface area contributed by atoms with E-state index in [2.05, 4.69) is 4.72 Å². The zero-order chi connectivity index (χ0) is 20.7. The van der Waals surface area contributed by atoms with E-state index < -0.39 is 33.3 Å². The van der Waals surface area contributed by atoms with Gasteiger partial charge in [-0.25, -0.2) is 14.0 Å². The standard InChI is InChI=1S/C13H13ClF3N5O4S/c1-20(2)27(25,26)19-9-5-7(3-4-8(9)14)21-11(23)6-10(13(15,16)17)22(18)12(21)24/h3-6,19H,18H2,1-2H3. The second-order valence-corrected chi connectivity index (χ2v) is 7.70. The summed E-state index contributed by atoms with van der Waals surface area (Å²) in [4.78, 5) is 24.2. The van der Waals surface area contributed by atoms with Crippen molar-refractivity contribution >= 4 is 27.5 Å². The molecular weight excluding hydrogens is 415 g/mol. The Morgan fingerprint density at radius 1 is 1.19 bits per heavy atom. The summed E-state index contributed by atoms with van der Waals surface area (Å²) < 4.78 is 65.4. The molecule has 0 amide bonds. The van der Waals surface area contributed by atoms with Gasteiger partial charge in [-0.3, -0.25) is 9.52 Å². The molecule has 1 aromatic carbocycles. The highest BCUT2D eigenvalue weighted by atomic mass is 35.5. The Balaban J connectivity index is 2.68. The highest BCUT2D eigenvalue weighted by Gasteiger charge is 2.35. The molecule has 1 heterocycles. The first-order valence-corrected chi connectivity index (χ1v) is 8.79. The monoisotopic (exact) mass is 427 g/mol. The molecule has 3 N–H and O–H groups in total. The van der Waals surface area contributed by atoms with Crippen molar-refractivity contribution < 1.29 is 21.6 Å². The lowest BCUT2D eigenvalue weighted by Gasteiger charge is -2.16. The van der Waals surface area contributed by atoms with Crippen LogP contribution in [-0.4, -0.2) is 36.1 Å². The number of nitrogen functional groups attached to an aromatic ring is 1. The van der Waals surface area contributed by atoms with Gasteiger partial charge in [0.05, 0.1) is 16.4 Å². The summed E-state index contributed by atoms with van der Waals surface area (Å²) in [6.45, 7) is 0. The van der Waals surface area contributed by atoms with Gasteiger partial charge in [0.25, 0.3) is 5.56 Å². The lowest BCUT2D eigenvalue weighted by molar-refractivity contribution is -0.143. The minimum Gasteiger partial charge on any atom is -0.335 e. The Hall–Kier alpha value is -2.51. The van der Waals surface area contributed by atoms with E-state index in [0.29, 0.717) is 4.57 Å². The Labute approximate surface area is 155 Å². The summed E-state index contributed by atoms with van der Waals surface area (Å²) in [6.07, 6.45) is -5.02. The maximum atomic E-state index is 12.8. The van der Waals surface area contributed by atoms with Gasteiger partial charge in [0.15, 0.2) is 5.69 Å². The molecule has 0 aliphatic carbocycles. The van der Waals surface area contributed by atoms with Crippen LogP contribution in [0.1, 0.15) is 5.69 Å². The van der Waals surface area contributed by atoms with E-state index >= 15 is 0 Å². The number of rotatable bonds is 4. The van der Waals surface area contributed by atoms with Crippen molar-refractivity contribution in [1.29, 1.82) is 0 Å². The minimum absolute atomic E-state index is 0.0720. The van der Waals surface area contributed by atoms with Crippen LogP contribution in [0.3, 0.4) is 0 Å². The van der Waals surface area contributed by atoms with Crippen LogP contribution in [0.4, 0.5) is 18.9 Å². The Morgan fingerprint density at radius 3 is 2.30 bits per heavy atom. The number of alkyl halides is 3. The first-order chi connectivity index (χ1) is 12.3. The van der Waals surface area contributed by atoms with E-state index in [4.69, 9.17) is 17.4 Å². The molecule has 14 heteroatoms. The fraction of sp³-hybridized carbons (Fsp3) is 0.231. The van der Waals surface area contributed by atoms with Gasteiger partial charge in [0.1, 0.15) is 0 Å². The summed E-state index contributed by atoms with van der Waals surface area (Å²) in [5.41, 5.74) is -4.84. The molecule has 0 aliphatic rings. The average Bonchev–Trinajstić information content (AvgIpc) is 2.52. The van der Waals surface area contributed by atoms with Crippen molar-refractivity contribution in [3.8, 4) is 5.69 Å². The van der Waals surface area contributed by atoms with Gasteiger partial charge in [-0.15, -0.1) is 0 Å². The number of benzene rings is 1. The predicted molar refractivity (Wildman–Crippen MR) is 92.7 cm³/mol. The molecule has 0 unspecified atom stereocenters. The average molecular weight is 428 g/mol. The van der Waals surface area contributed by atoms with Gasteiger partial charge in [0, 0.05) is 20.2 Å². The quantitative estimate of drug-likeness (QED) is 0.692. The van der Waals surface area contributed by atoms with Gasteiger partial charge < -0.3 is 5.84 Å². The number of hydrogen-bond donors (Lipinski definition) is 2. The molecule has 2 aromatic rings. The highest BCUT2D eigenvalue weighted by Crippen LogP contribution is 2.27. The number of nitrogens with zero attached hydrogens (tertiary/aromatic N) is 3. The van der Waals surface area contributed by atoms with Crippen molar-refractivity contribution in [2.75, 3.05) is 24.7 Å². The second kappa shape index (κ2) is 6.90. The van der Waals surface area contributed by atoms with Crippen LogP contribution in [0.15, 0.2) is 33.9 Å². The van der Waals surface area contributed by atoms with Gasteiger partial charge in [-0.05, 0) is 18.2 Å². The van der Waals surface area contributed by atoms with Gasteiger partial charge in [-0.1, -0.05) is 11.6 Å². The minimum atomic E-state index is -5.02. The van der Waals surface area contributed by atoms with Crippen LogP contribution in [0.5, 0.6) is 0 Å². The maximum absolute atomic E-state index is 12.8. The molecule has 0 fully saturated rings. The third-order valence-corrected chi connectivity index (χ3v) is 5.12. The molecule has 148 valence electrons. The first-order valence-electron chi connectivity index (χ1n) is 6.97. The Morgan fingerprint density at radius 2 is 1.78 bits per heavy atom. The highest BCUT2D eigenvalue weighted by molar-refractivity contribution is 7.90. The lowest BCUT2D eigenvalue weighted by Crippen LogP contribution is -2.45. The fourth-order valence-corrected chi connectivity index (χ4v) is 2.82. The van der Waals surface area contributed by atoms with Crippen molar-refractivity contribution in [2.45, 2.75) is 6.18 Å². The van der Waals surface area contributed by atoms with E-state index in [1.807, 2.05) is 0 Å². The van der Waals surface area contributed by atoms with Crippen molar-refractivity contribution in [1.82, 2.24) is 13.5 Å². The summed E-state index contributed by atoms with van der Waals surface area (Å²) in [5, 5.41) is -0.0720. The molecule has 0 radical (unpaired) electrons. The fourth-order valence-electron chi connectivity index (χ4n) is 1.97. The molecule has 0 saturated heterocycles. The lowest BCUT2D eigenvalue weighted by atomic mass is 10.2. The zero-order valence-corrected chi connectivity index (χ0v) is 15.4. The van der Waals surface area contributed by atoms with Crippen LogP contribution >= 0.6 is 11.6 Å². The molecular formula is C13H13ClF3N5O4S. The number of hydrogen-bond acceptors (Lipinski definition) is 5. The number of anilines is 1. The van der Waals surface area contributed by atoms with Crippen molar-refractivity contribution in [3.05, 3.63) is 55.8 Å². The number of halogens is 4. The summed E-state index contributed by atoms with van der Waals surface area (Å²) >= 11 is 5.90. The van der Waals surface area contributed by atoms with Crippen molar-refractivity contribution in [3.63, 3.8) is 0 Å².